The van der Waals surface area contributed by atoms with Gasteiger partial charge in [0.25, 0.3) is 0 Å². The molecule has 17 heavy (non-hydrogen) atoms. The van der Waals surface area contributed by atoms with Gasteiger partial charge < -0.3 is 15.3 Å². The largest absolute Gasteiger partial charge is 0.480 e. The highest BCUT2D eigenvalue weighted by Gasteiger charge is 2.09. The molecule has 0 amide bonds. The first-order chi connectivity index (χ1) is 7.90. The molecule has 0 radical (unpaired) electrons. The zero-order valence-electron chi connectivity index (χ0n) is 10.6. The predicted molar refractivity (Wildman–Crippen MR) is 66.4 cm³/mol. The SMILES string of the molecule is Cc1nc(NCC(=O)O)cc(N(C)C(C)C)n1. The quantitative estimate of drug-likeness (QED) is 0.800. The first-order valence-corrected chi connectivity index (χ1v) is 5.44. The molecule has 0 unspecified atom stereocenters. The van der Waals surface area contributed by atoms with Gasteiger partial charge in [-0.15, -0.1) is 0 Å². The lowest BCUT2D eigenvalue weighted by molar-refractivity contribution is -0.134. The average molecular weight is 238 g/mol. The van der Waals surface area contributed by atoms with Gasteiger partial charge >= 0.3 is 5.97 Å². The molecule has 0 aliphatic carbocycles. The van der Waals surface area contributed by atoms with Crippen LogP contribution in [-0.2, 0) is 4.79 Å². The fourth-order valence-electron chi connectivity index (χ4n) is 1.25. The lowest BCUT2D eigenvalue weighted by atomic mass is 10.3. The van der Waals surface area contributed by atoms with Gasteiger partial charge in [0.1, 0.15) is 24.0 Å². The number of aryl methyl sites for hydroxylation is 1. The molecule has 0 saturated heterocycles. The summed E-state index contributed by atoms with van der Waals surface area (Å²) in [6.07, 6.45) is 0. The zero-order valence-corrected chi connectivity index (χ0v) is 10.6. The van der Waals surface area contributed by atoms with E-state index in [1.54, 1.807) is 13.0 Å². The van der Waals surface area contributed by atoms with Crippen LogP contribution in [0.5, 0.6) is 0 Å². The molecule has 0 aromatic carbocycles. The molecule has 6 nitrogen and oxygen atoms in total. The summed E-state index contributed by atoms with van der Waals surface area (Å²) >= 11 is 0. The third-order valence-electron chi connectivity index (χ3n) is 2.38. The van der Waals surface area contributed by atoms with E-state index in [1.165, 1.54) is 0 Å². The van der Waals surface area contributed by atoms with Crippen LogP contribution in [0.1, 0.15) is 19.7 Å². The average Bonchev–Trinajstić information content (AvgIpc) is 2.24. The summed E-state index contributed by atoms with van der Waals surface area (Å²) in [5.41, 5.74) is 0. The number of carboxylic acid groups (broad SMARTS) is 1. The highest BCUT2D eigenvalue weighted by Crippen LogP contribution is 2.16. The predicted octanol–water partition coefficient (Wildman–Crippen LogP) is 1.13. The third kappa shape index (κ3) is 3.90. The summed E-state index contributed by atoms with van der Waals surface area (Å²) in [5.74, 6) is 1.01. The summed E-state index contributed by atoms with van der Waals surface area (Å²) in [4.78, 5) is 20.9. The van der Waals surface area contributed by atoms with Crippen LogP contribution < -0.4 is 10.2 Å². The summed E-state index contributed by atoms with van der Waals surface area (Å²) < 4.78 is 0. The summed E-state index contributed by atoms with van der Waals surface area (Å²) in [6, 6.07) is 2.06. The first-order valence-electron chi connectivity index (χ1n) is 5.44. The molecule has 0 fully saturated rings. The van der Waals surface area contributed by atoms with E-state index in [1.807, 2.05) is 11.9 Å². The molecule has 0 aliphatic heterocycles. The second-order valence-electron chi connectivity index (χ2n) is 4.11. The molecule has 0 aliphatic rings. The van der Waals surface area contributed by atoms with E-state index in [0.717, 1.165) is 5.82 Å². The van der Waals surface area contributed by atoms with Gasteiger partial charge in [0.2, 0.25) is 0 Å². The molecule has 0 bridgehead atoms. The Balaban J connectivity index is 2.90. The molecule has 0 atom stereocenters. The smallest absolute Gasteiger partial charge is 0.322 e. The number of nitrogens with zero attached hydrogens (tertiary/aromatic N) is 3. The van der Waals surface area contributed by atoms with Crippen molar-refractivity contribution >= 4 is 17.6 Å². The van der Waals surface area contributed by atoms with E-state index >= 15 is 0 Å². The lowest BCUT2D eigenvalue weighted by Crippen LogP contribution is -2.27. The highest BCUT2D eigenvalue weighted by atomic mass is 16.4. The minimum atomic E-state index is -0.917. The Morgan fingerprint density at radius 1 is 1.53 bits per heavy atom. The van der Waals surface area contributed by atoms with E-state index in [0.29, 0.717) is 17.7 Å². The first kappa shape index (κ1) is 13.2. The standard InChI is InChI=1S/C11H18N4O2/c1-7(2)15(4)10-5-9(12-6-11(16)17)13-8(3)14-10/h5,7H,6H2,1-4H3,(H,16,17)(H,12,13,14). The van der Waals surface area contributed by atoms with Gasteiger partial charge in [-0.25, -0.2) is 9.97 Å². The Hall–Kier alpha value is -1.85. The Bertz CT molecular complexity index is 406. The van der Waals surface area contributed by atoms with Crippen LogP contribution in [0.15, 0.2) is 6.07 Å². The van der Waals surface area contributed by atoms with Gasteiger partial charge in [-0.1, -0.05) is 0 Å². The van der Waals surface area contributed by atoms with Crippen molar-refractivity contribution in [3.05, 3.63) is 11.9 Å². The molecule has 0 saturated carbocycles. The van der Waals surface area contributed by atoms with Gasteiger partial charge in [-0.2, -0.15) is 0 Å². The molecule has 6 heteroatoms. The number of aliphatic carboxylic acids is 1. The van der Waals surface area contributed by atoms with Crippen LogP contribution in [-0.4, -0.2) is 40.7 Å². The number of carbonyl (C=O) groups is 1. The number of rotatable bonds is 5. The van der Waals surface area contributed by atoms with Gasteiger partial charge in [0, 0.05) is 19.2 Å². The van der Waals surface area contributed by atoms with Gasteiger partial charge in [-0.05, 0) is 20.8 Å². The third-order valence-corrected chi connectivity index (χ3v) is 2.38. The van der Waals surface area contributed by atoms with Crippen molar-refractivity contribution in [3.63, 3.8) is 0 Å². The molecule has 0 spiro atoms. The van der Waals surface area contributed by atoms with Crippen LogP contribution in [0, 0.1) is 6.92 Å². The van der Waals surface area contributed by atoms with Crippen LogP contribution in [0.2, 0.25) is 0 Å². The molecule has 2 N–H and O–H groups in total. The molecule has 1 heterocycles. The van der Waals surface area contributed by atoms with Crippen molar-refractivity contribution in [3.8, 4) is 0 Å². The fraction of sp³-hybridized carbons (Fsp3) is 0.545. The maximum atomic E-state index is 10.5. The molecule has 94 valence electrons. The molecule has 1 rings (SSSR count). The van der Waals surface area contributed by atoms with E-state index in [9.17, 15) is 4.79 Å². The molecule has 1 aromatic heterocycles. The minimum Gasteiger partial charge on any atom is -0.480 e. The van der Waals surface area contributed by atoms with Crippen molar-refractivity contribution in [2.45, 2.75) is 26.8 Å². The van der Waals surface area contributed by atoms with Crippen molar-refractivity contribution in [2.75, 3.05) is 23.8 Å². The molecular weight excluding hydrogens is 220 g/mol. The number of nitrogens with one attached hydrogen (secondary N) is 1. The zero-order chi connectivity index (χ0) is 13.0. The topological polar surface area (TPSA) is 78.3 Å². The van der Waals surface area contributed by atoms with E-state index in [4.69, 9.17) is 5.11 Å². The normalized spacial score (nSPS) is 10.4. The van der Waals surface area contributed by atoms with E-state index < -0.39 is 5.97 Å². The second kappa shape index (κ2) is 5.47. The fourth-order valence-corrected chi connectivity index (χ4v) is 1.25. The molecular formula is C11H18N4O2. The number of hydrogen-bond donors (Lipinski definition) is 2. The number of anilines is 2. The summed E-state index contributed by atoms with van der Waals surface area (Å²) in [5, 5.41) is 11.3. The number of hydrogen-bond acceptors (Lipinski definition) is 5. The van der Waals surface area contributed by atoms with Crippen LogP contribution in [0.25, 0.3) is 0 Å². The summed E-state index contributed by atoms with van der Waals surface area (Å²) in [7, 11) is 1.94. The van der Waals surface area contributed by atoms with E-state index in [2.05, 4.69) is 29.1 Å². The second-order valence-corrected chi connectivity index (χ2v) is 4.11. The van der Waals surface area contributed by atoms with E-state index in [-0.39, 0.29) is 6.54 Å². The van der Waals surface area contributed by atoms with Crippen LogP contribution in [0.4, 0.5) is 11.6 Å². The van der Waals surface area contributed by atoms with Crippen molar-refractivity contribution < 1.29 is 9.90 Å². The Kier molecular flexibility index (Phi) is 4.25. The van der Waals surface area contributed by atoms with Crippen molar-refractivity contribution in [2.24, 2.45) is 0 Å². The van der Waals surface area contributed by atoms with Gasteiger partial charge in [-0.3, -0.25) is 4.79 Å². The Morgan fingerprint density at radius 3 is 2.71 bits per heavy atom. The van der Waals surface area contributed by atoms with Crippen LogP contribution in [0.3, 0.4) is 0 Å². The maximum Gasteiger partial charge on any atom is 0.322 e. The minimum absolute atomic E-state index is 0.152. The van der Waals surface area contributed by atoms with Gasteiger partial charge in [0.05, 0.1) is 0 Å². The maximum absolute atomic E-state index is 10.5. The number of aromatic nitrogens is 2. The van der Waals surface area contributed by atoms with Gasteiger partial charge in [0.15, 0.2) is 0 Å². The lowest BCUT2D eigenvalue weighted by Gasteiger charge is -2.23. The number of carboxylic acids is 1. The molecule has 1 aromatic rings. The monoisotopic (exact) mass is 238 g/mol. The van der Waals surface area contributed by atoms with Crippen LogP contribution >= 0.6 is 0 Å². The Morgan fingerprint density at radius 2 is 2.18 bits per heavy atom. The highest BCUT2D eigenvalue weighted by molar-refractivity contribution is 5.72. The van der Waals surface area contributed by atoms with Crippen molar-refractivity contribution in [1.82, 2.24) is 9.97 Å². The summed E-state index contributed by atoms with van der Waals surface area (Å²) in [6.45, 7) is 5.74. The van der Waals surface area contributed by atoms with Crippen molar-refractivity contribution in [1.29, 1.82) is 0 Å². The Labute approximate surface area is 101 Å².